The molecule has 0 radical (unpaired) electrons. The fourth-order valence-corrected chi connectivity index (χ4v) is 3.68. The first-order valence-electron chi connectivity index (χ1n) is 5.77. The highest BCUT2D eigenvalue weighted by Crippen LogP contribution is 2.33. The molecule has 0 fully saturated rings. The number of benzene rings is 2. The molecule has 0 heterocycles. The van der Waals surface area contributed by atoms with E-state index in [1.165, 1.54) is 0 Å². The SMILES string of the molecule is NC(CSc1ccccc1Br)c1ccc(Br)c(Cl)c1F. The predicted molar refractivity (Wildman–Crippen MR) is 90.9 cm³/mol. The van der Waals surface area contributed by atoms with Gasteiger partial charge in [0.05, 0.1) is 5.02 Å². The van der Waals surface area contributed by atoms with E-state index in [-0.39, 0.29) is 5.02 Å². The summed E-state index contributed by atoms with van der Waals surface area (Å²) >= 11 is 14.1. The lowest BCUT2D eigenvalue weighted by molar-refractivity contribution is 0.595. The Morgan fingerprint density at radius 1 is 1.15 bits per heavy atom. The van der Waals surface area contributed by atoms with Gasteiger partial charge in [0, 0.05) is 31.2 Å². The summed E-state index contributed by atoms with van der Waals surface area (Å²) < 4.78 is 15.6. The van der Waals surface area contributed by atoms with Crippen LogP contribution in [0, 0.1) is 5.82 Å². The Bertz CT molecular complexity index is 624. The van der Waals surface area contributed by atoms with Gasteiger partial charge in [-0.05, 0) is 50.1 Å². The van der Waals surface area contributed by atoms with Crippen LogP contribution in [0.4, 0.5) is 4.39 Å². The Balaban J connectivity index is 2.11. The van der Waals surface area contributed by atoms with Gasteiger partial charge < -0.3 is 5.73 Å². The molecule has 0 spiro atoms. The van der Waals surface area contributed by atoms with Crippen molar-refractivity contribution < 1.29 is 4.39 Å². The number of rotatable bonds is 4. The molecule has 106 valence electrons. The summed E-state index contributed by atoms with van der Waals surface area (Å²) in [5, 5.41) is 0.0730. The topological polar surface area (TPSA) is 26.0 Å². The largest absolute Gasteiger partial charge is 0.323 e. The van der Waals surface area contributed by atoms with Crippen molar-refractivity contribution in [3.8, 4) is 0 Å². The van der Waals surface area contributed by atoms with E-state index in [0.717, 1.165) is 9.37 Å². The number of hydrogen-bond acceptors (Lipinski definition) is 2. The molecule has 20 heavy (non-hydrogen) atoms. The highest BCUT2D eigenvalue weighted by Gasteiger charge is 2.16. The molecule has 0 saturated heterocycles. The maximum Gasteiger partial charge on any atom is 0.147 e. The van der Waals surface area contributed by atoms with Crippen LogP contribution < -0.4 is 5.73 Å². The van der Waals surface area contributed by atoms with Crippen LogP contribution in [0.2, 0.25) is 5.02 Å². The van der Waals surface area contributed by atoms with E-state index in [1.807, 2.05) is 24.3 Å². The molecule has 0 aliphatic carbocycles. The molecule has 2 N–H and O–H groups in total. The van der Waals surface area contributed by atoms with Crippen molar-refractivity contribution in [2.75, 3.05) is 5.75 Å². The van der Waals surface area contributed by atoms with E-state index < -0.39 is 11.9 Å². The van der Waals surface area contributed by atoms with Crippen LogP contribution in [0.25, 0.3) is 0 Å². The van der Waals surface area contributed by atoms with Crippen molar-refractivity contribution in [1.29, 1.82) is 0 Å². The molecule has 1 unspecified atom stereocenters. The van der Waals surface area contributed by atoms with Crippen LogP contribution >= 0.6 is 55.2 Å². The Hall–Kier alpha value is -0.0700. The molecule has 1 nitrogen and oxygen atoms in total. The smallest absolute Gasteiger partial charge is 0.147 e. The average Bonchev–Trinajstić information content (AvgIpc) is 2.44. The van der Waals surface area contributed by atoms with Gasteiger partial charge in [-0.1, -0.05) is 29.8 Å². The average molecular weight is 440 g/mol. The standard InChI is InChI=1S/C14H11Br2ClFNS/c15-9-3-1-2-4-12(9)20-7-11(19)8-5-6-10(16)13(17)14(8)18/h1-6,11H,7,19H2. The van der Waals surface area contributed by atoms with Gasteiger partial charge in [-0.3, -0.25) is 0 Å². The van der Waals surface area contributed by atoms with Crippen molar-refractivity contribution in [3.63, 3.8) is 0 Å². The Morgan fingerprint density at radius 2 is 1.85 bits per heavy atom. The van der Waals surface area contributed by atoms with E-state index in [4.69, 9.17) is 17.3 Å². The van der Waals surface area contributed by atoms with Crippen LogP contribution in [0.15, 0.2) is 50.2 Å². The predicted octanol–water partition coefficient (Wildman–Crippen LogP) is 5.80. The van der Waals surface area contributed by atoms with E-state index in [9.17, 15) is 4.39 Å². The Labute approximate surface area is 143 Å². The molecule has 0 saturated carbocycles. The van der Waals surface area contributed by atoms with Gasteiger partial charge in [0.2, 0.25) is 0 Å². The van der Waals surface area contributed by atoms with Gasteiger partial charge in [-0.2, -0.15) is 0 Å². The maximum absolute atomic E-state index is 14.1. The highest BCUT2D eigenvalue weighted by molar-refractivity contribution is 9.10. The van der Waals surface area contributed by atoms with E-state index >= 15 is 0 Å². The van der Waals surface area contributed by atoms with Gasteiger partial charge in [0.1, 0.15) is 5.82 Å². The molecule has 1 atom stereocenters. The summed E-state index contributed by atoms with van der Waals surface area (Å²) in [5.41, 5.74) is 6.49. The molecular weight excluding hydrogens is 428 g/mol. The van der Waals surface area contributed by atoms with Crippen molar-refractivity contribution in [3.05, 3.63) is 61.7 Å². The molecule has 0 bridgehead atoms. The van der Waals surface area contributed by atoms with Crippen molar-refractivity contribution in [2.24, 2.45) is 5.73 Å². The zero-order valence-corrected chi connectivity index (χ0v) is 15.0. The number of halogens is 4. The van der Waals surface area contributed by atoms with Crippen LogP contribution in [-0.2, 0) is 0 Å². The lowest BCUT2D eigenvalue weighted by Gasteiger charge is -2.14. The Kier molecular flexibility index (Phi) is 5.93. The highest BCUT2D eigenvalue weighted by atomic mass is 79.9. The summed E-state index contributed by atoms with van der Waals surface area (Å²) in [6, 6.07) is 10.8. The fourth-order valence-electron chi connectivity index (χ4n) is 1.66. The number of thioether (sulfide) groups is 1. The molecule has 2 rings (SSSR count). The minimum atomic E-state index is -0.457. The lowest BCUT2D eigenvalue weighted by atomic mass is 10.1. The van der Waals surface area contributed by atoms with Gasteiger partial charge >= 0.3 is 0 Å². The summed E-state index contributed by atoms with van der Waals surface area (Å²) in [6.07, 6.45) is 0. The summed E-state index contributed by atoms with van der Waals surface area (Å²) in [5.74, 6) is 0.110. The van der Waals surface area contributed by atoms with Gasteiger partial charge in [0.15, 0.2) is 0 Å². The maximum atomic E-state index is 14.1. The third-order valence-electron chi connectivity index (χ3n) is 2.72. The first-order chi connectivity index (χ1) is 9.50. The monoisotopic (exact) mass is 437 g/mol. The lowest BCUT2D eigenvalue weighted by Crippen LogP contribution is -2.15. The minimum absolute atomic E-state index is 0.0730. The summed E-state index contributed by atoms with van der Waals surface area (Å²) in [4.78, 5) is 1.08. The number of nitrogens with two attached hydrogens (primary N) is 1. The molecule has 0 aliphatic heterocycles. The molecule has 0 aliphatic rings. The quantitative estimate of drug-likeness (QED) is 0.482. The molecule has 0 amide bonds. The van der Waals surface area contributed by atoms with Crippen LogP contribution in [0.1, 0.15) is 11.6 Å². The van der Waals surface area contributed by atoms with Crippen LogP contribution in [-0.4, -0.2) is 5.75 Å². The number of hydrogen-bond donors (Lipinski definition) is 1. The summed E-state index contributed by atoms with van der Waals surface area (Å²) in [6.45, 7) is 0. The normalized spacial score (nSPS) is 12.4. The van der Waals surface area contributed by atoms with Crippen molar-refractivity contribution in [1.82, 2.24) is 0 Å². The third-order valence-corrected chi connectivity index (χ3v) is 6.12. The molecule has 0 aromatic heterocycles. The molecule has 2 aromatic rings. The second-order valence-corrected chi connectivity index (χ2v) is 7.26. The second-order valence-electron chi connectivity index (χ2n) is 4.11. The fraction of sp³-hybridized carbons (Fsp3) is 0.143. The molecule has 2 aromatic carbocycles. The van der Waals surface area contributed by atoms with E-state index in [2.05, 4.69) is 31.9 Å². The zero-order chi connectivity index (χ0) is 14.7. The van der Waals surface area contributed by atoms with Crippen LogP contribution in [0.5, 0.6) is 0 Å². The molecule has 6 heteroatoms. The third kappa shape index (κ3) is 3.77. The summed E-state index contributed by atoms with van der Waals surface area (Å²) in [7, 11) is 0. The minimum Gasteiger partial charge on any atom is -0.323 e. The zero-order valence-electron chi connectivity index (χ0n) is 10.2. The van der Waals surface area contributed by atoms with E-state index in [0.29, 0.717) is 15.8 Å². The van der Waals surface area contributed by atoms with Crippen molar-refractivity contribution >= 4 is 55.2 Å². The Morgan fingerprint density at radius 3 is 2.55 bits per heavy atom. The van der Waals surface area contributed by atoms with Gasteiger partial charge in [-0.15, -0.1) is 11.8 Å². The van der Waals surface area contributed by atoms with Gasteiger partial charge in [-0.25, -0.2) is 4.39 Å². The first kappa shape index (κ1) is 16.3. The van der Waals surface area contributed by atoms with E-state index in [1.54, 1.807) is 23.9 Å². The van der Waals surface area contributed by atoms with Crippen LogP contribution in [0.3, 0.4) is 0 Å². The van der Waals surface area contributed by atoms with Crippen molar-refractivity contribution in [2.45, 2.75) is 10.9 Å². The van der Waals surface area contributed by atoms with Gasteiger partial charge in [0.25, 0.3) is 0 Å². The molecular formula is C14H11Br2ClFNS. The first-order valence-corrected chi connectivity index (χ1v) is 8.72. The second kappa shape index (κ2) is 7.27.